The van der Waals surface area contributed by atoms with E-state index in [9.17, 15) is 9.59 Å². The minimum atomic E-state index is -0.534. The van der Waals surface area contributed by atoms with E-state index in [0.29, 0.717) is 11.0 Å². The Bertz CT molecular complexity index is 672. The number of amides is 3. The number of nitrogens with zero attached hydrogens (tertiary/aromatic N) is 4. The first-order valence-corrected chi connectivity index (χ1v) is 7.40. The average Bonchev–Trinajstić information content (AvgIpc) is 2.89. The molecular formula is C13H16N6O2S. The number of thioether (sulfide) groups is 1. The molecule has 2 N–H and O–H groups in total. The number of pyridine rings is 1. The summed E-state index contributed by atoms with van der Waals surface area (Å²) in [5.41, 5.74) is 0.888. The zero-order valence-corrected chi connectivity index (χ0v) is 13.2. The van der Waals surface area contributed by atoms with Crippen molar-refractivity contribution in [2.24, 2.45) is 7.05 Å². The molecule has 9 heteroatoms. The van der Waals surface area contributed by atoms with E-state index in [1.807, 2.05) is 19.2 Å². The molecular weight excluding hydrogens is 304 g/mol. The Morgan fingerprint density at radius 1 is 1.27 bits per heavy atom. The molecule has 0 aliphatic rings. The van der Waals surface area contributed by atoms with Crippen molar-refractivity contribution in [3.63, 3.8) is 0 Å². The maximum atomic E-state index is 11.8. The molecule has 0 aliphatic carbocycles. The molecule has 116 valence electrons. The summed E-state index contributed by atoms with van der Waals surface area (Å²) >= 11 is 1.23. The van der Waals surface area contributed by atoms with Crippen molar-refractivity contribution in [2.75, 3.05) is 7.05 Å². The van der Waals surface area contributed by atoms with Gasteiger partial charge in [-0.25, -0.2) is 4.79 Å². The second kappa shape index (κ2) is 7.03. The van der Waals surface area contributed by atoms with E-state index in [1.165, 1.54) is 18.8 Å². The van der Waals surface area contributed by atoms with Crippen molar-refractivity contribution in [1.29, 1.82) is 0 Å². The minimum Gasteiger partial charge on any atom is -0.341 e. The first-order valence-electron chi connectivity index (χ1n) is 6.52. The van der Waals surface area contributed by atoms with Crippen molar-refractivity contribution in [1.82, 2.24) is 30.4 Å². The van der Waals surface area contributed by atoms with Crippen molar-refractivity contribution in [3.8, 4) is 11.4 Å². The van der Waals surface area contributed by atoms with Crippen LogP contribution in [-0.2, 0) is 11.8 Å². The highest BCUT2D eigenvalue weighted by Crippen LogP contribution is 2.25. The fraction of sp³-hybridized carbons (Fsp3) is 0.308. The van der Waals surface area contributed by atoms with Crippen LogP contribution in [0.1, 0.15) is 6.92 Å². The van der Waals surface area contributed by atoms with E-state index in [0.717, 1.165) is 5.56 Å². The van der Waals surface area contributed by atoms with Gasteiger partial charge < -0.3 is 9.88 Å². The van der Waals surface area contributed by atoms with Crippen LogP contribution in [0.5, 0.6) is 0 Å². The molecule has 0 radical (unpaired) electrons. The summed E-state index contributed by atoms with van der Waals surface area (Å²) in [5.74, 6) is 0.293. The van der Waals surface area contributed by atoms with E-state index in [1.54, 1.807) is 23.9 Å². The van der Waals surface area contributed by atoms with Crippen LogP contribution in [0.3, 0.4) is 0 Å². The Labute approximate surface area is 131 Å². The van der Waals surface area contributed by atoms with Crippen LogP contribution in [0.25, 0.3) is 11.4 Å². The van der Waals surface area contributed by atoms with Crippen LogP contribution in [0.15, 0.2) is 29.7 Å². The normalized spacial score (nSPS) is 11.8. The van der Waals surface area contributed by atoms with Gasteiger partial charge in [0.2, 0.25) is 5.91 Å². The average molecular weight is 320 g/mol. The molecule has 2 aromatic rings. The molecule has 0 saturated carbocycles. The van der Waals surface area contributed by atoms with Crippen molar-refractivity contribution in [2.45, 2.75) is 17.3 Å². The predicted octanol–water partition coefficient (Wildman–Crippen LogP) is 0.813. The summed E-state index contributed by atoms with van der Waals surface area (Å²) in [5, 5.41) is 12.9. The van der Waals surface area contributed by atoms with Gasteiger partial charge in [0.25, 0.3) is 0 Å². The fourth-order valence-corrected chi connectivity index (χ4v) is 2.47. The second-order valence-electron chi connectivity index (χ2n) is 4.43. The van der Waals surface area contributed by atoms with Crippen molar-refractivity contribution >= 4 is 23.7 Å². The van der Waals surface area contributed by atoms with Gasteiger partial charge in [-0.1, -0.05) is 11.8 Å². The Morgan fingerprint density at radius 2 is 1.95 bits per heavy atom. The number of urea groups is 1. The van der Waals surface area contributed by atoms with Gasteiger partial charge in [-0.15, -0.1) is 10.2 Å². The SMILES string of the molecule is CNC(=O)NC(=O)[C@H](C)Sc1nnc(-c2ccncc2)n1C. The van der Waals surface area contributed by atoms with Crippen molar-refractivity contribution in [3.05, 3.63) is 24.5 Å². The number of hydrogen-bond acceptors (Lipinski definition) is 6. The van der Waals surface area contributed by atoms with E-state index < -0.39 is 17.2 Å². The van der Waals surface area contributed by atoms with Crippen LogP contribution >= 0.6 is 11.8 Å². The number of carbonyl (C=O) groups is 2. The number of nitrogens with one attached hydrogen (secondary N) is 2. The number of imide groups is 1. The van der Waals surface area contributed by atoms with Crippen LogP contribution in [-0.4, -0.2) is 44.0 Å². The first-order chi connectivity index (χ1) is 10.5. The largest absolute Gasteiger partial charge is 0.341 e. The zero-order chi connectivity index (χ0) is 16.1. The summed E-state index contributed by atoms with van der Waals surface area (Å²) in [6, 6.07) is 3.13. The third kappa shape index (κ3) is 3.61. The molecule has 0 aliphatic heterocycles. The summed E-state index contributed by atoms with van der Waals surface area (Å²) in [7, 11) is 3.27. The minimum absolute atomic E-state index is 0.391. The summed E-state index contributed by atoms with van der Waals surface area (Å²) < 4.78 is 1.80. The molecule has 2 aromatic heterocycles. The number of carbonyl (C=O) groups excluding carboxylic acids is 2. The lowest BCUT2D eigenvalue weighted by Gasteiger charge is -2.10. The molecule has 3 amide bonds. The van der Waals surface area contributed by atoms with Gasteiger partial charge >= 0.3 is 6.03 Å². The lowest BCUT2D eigenvalue weighted by Crippen LogP contribution is -2.41. The highest BCUT2D eigenvalue weighted by atomic mass is 32.2. The molecule has 0 unspecified atom stereocenters. The highest BCUT2D eigenvalue weighted by molar-refractivity contribution is 8.00. The predicted molar refractivity (Wildman–Crippen MR) is 82.2 cm³/mol. The van der Waals surface area contributed by atoms with Gasteiger partial charge in [-0.2, -0.15) is 0 Å². The third-order valence-corrected chi connectivity index (χ3v) is 4.02. The smallest absolute Gasteiger partial charge is 0.321 e. The molecule has 2 rings (SSSR count). The Morgan fingerprint density at radius 3 is 2.59 bits per heavy atom. The Kier molecular flexibility index (Phi) is 5.10. The van der Waals surface area contributed by atoms with E-state index in [4.69, 9.17) is 0 Å². The topological polar surface area (TPSA) is 102 Å². The molecule has 0 saturated heterocycles. The maximum absolute atomic E-state index is 11.8. The molecule has 22 heavy (non-hydrogen) atoms. The van der Waals surface area contributed by atoms with Crippen LogP contribution in [0, 0.1) is 0 Å². The summed E-state index contributed by atoms with van der Waals surface area (Å²) in [6.45, 7) is 1.70. The monoisotopic (exact) mass is 320 g/mol. The van der Waals surface area contributed by atoms with Gasteiger partial charge in [0.1, 0.15) is 0 Å². The molecule has 0 bridgehead atoms. The van der Waals surface area contributed by atoms with E-state index >= 15 is 0 Å². The summed E-state index contributed by atoms with van der Waals surface area (Å²) in [6.07, 6.45) is 3.35. The third-order valence-electron chi connectivity index (χ3n) is 2.89. The lowest BCUT2D eigenvalue weighted by molar-refractivity contribution is -0.119. The van der Waals surface area contributed by atoms with Crippen LogP contribution in [0.4, 0.5) is 4.79 Å². The molecule has 0 fully saturated rings. The molecule has 8 nitrogen and oxygen atoms in total. The van der Waals surface area contributed by atoms with Gasteiger partial charge in [0.05, 0.1) is 5.25 Å². The number of aromatic nitrogens is 4. The Balaban J connectivity index is 2.10. The van der Waals surface area contributed by atoms with Crippen molar-refractivity contribution < 1.29 is 9.59 Å². The first kappa shape index (κ1) is 16.0. The molecule has 0 aromatic carbocycles. The van der Waals surface area contributed by atoms with Crippen LogP contribution in [0.2, 0.25) is 0 Å². The highest BCUT2D eigenvalue weighted by Gasteiger charge is 2.20. The van der Waals surface area contributed by atoms with Gasteiger partial charge in [-0.05, 0) is 19.1 Å². The van der Waals surface area contributed by atoms with E-state index in [2.05, 4.69) is 25.8 Å². The van der Waals surface area contributed by atoms with E-state index in [-0.39, 0.29) is 0 Å². The Hall–Kier alpha value is -2.42. The maximum Gasteiger partial charge on any atom is 0.321 e. The summed E-state index contributed by atoms with van der Waals surface area (Å²) in [4.78, 5) is 27.0. The standard InChI is InChI=1S/C13H16N6O2S/c1-8(11(20)16-12(21)14-2)22-13-18-17-10(19(13)3)9-4-6-15-7-5-9/h4-8H,1-3H3,(H2,14,16,20,21)/t8-/m0/s1. The fourth-order valence-electron chi connectivity index (χ4n) is 1.66. The molecule has 0 spiro atoms. The van der Waals surface area contributed by atoms with Gasteiger partial charge in [0.15, 0.2) is 11.0 Å². The number of rotatable bonds is 4. The second-order valence-corrected chi connectivity index (χ2v) is 5.74. The lowest BCUT2D eigenvalue weighted by atomic mass is 10.2. The molecule has 2 heterocycles. The van der Waals surface area contributed by atoms with Crippen LogP contribution < -0.4 is 10.6 Å². The molecule has 1 atom stereocenters. The number of hydrogen-bond donors (Lipinski definition) is 2. The quantitative estimate of drug-likeness (QED) is 0.809. The zero-order valence-electron chi connectivity index (χ0n) is 12.4. The van der Waals surface area contributed by atoms with Gasteiger partial charge in [-0.3, -0.25) is 15.1 Å². The van der Waals surface area contributed by atoms with Gasteiger partial charge in [0, 0.05) is 32.1 Å².